The van der Waals surface area contributed by atoms with Crippen LogP contribution in [0.25, 0.3) is 22.4 Å². The third-order valence-corrected chi connectivity index (χ3v) is 4.37. The van der Waals surface area contributed by atoms with Gasteiger partial charge in [-0.2, -0.15) is 10.2 Å². The topological polar surface area (TPSA) is 95.6 Å². The van der Waals surface area contributed by atoms with Crippen LogP contribution >= 0.6 is 0 Å². The molecule has 4 aromatic rings. The van der Waals surface area contributed by atoms with Crippen molar-refractivity contribution in [1.82, 2.24) is 34.5 Å². The van der Waals surface area contributed by atoms with Gasteiger partial charge in [0.1, 0.15) is 5.82 Å². The van der Waals surface area contributed by atoms with E-state index in [1.165, 1.54) is 0 Å². The van der Waals surface area contributed by atoms with E-state index in [1.54, 1.807) is 36.6 Å². The van der Waals surface area contributed by atoms with Crippen LogP contribution in [0.1, 0.15) is 11.7 Å². The highest BCUT2D eigenvalue weighted by Gasteiger charge is 2.19. The van der Waals surface area contributed by atoms with Crippen LogP contribution in [-0.4, -0.2) is 48.2 Å². The quantitative estimate of drug-likeness (QED) is 0.559. The largest absolute Gasteiger partial charge is 0.382 e. The van der Waals surface area contributed by atoms with Crippen LogP contribution in [0.15, 0.2) is 43.0 Å². The first-order valence-electron chi connectivity index (χ1n) is 8.51. The van der Waals surface area contributed by atoms with Gasteiger partial charge in [-0.1, -0.05) is 0 Å². The van der Waals surface area contributed by atoms with Crippen molar-refractivity contribution in [2.45, 2.75) is 6.04 Å². The van der Waals surface area contributed by atoms with E-state index in [4.69, 9.17) is 9.72 Å². The number of hydrogen-bond acceptors (Lipinski definition) is 7. The molecule has 0 saturated carbocycles. The van der Waals surface area contributed by atoms with Gasteiger partial charge < -0.3 is 10.1 Å². The molecule has 0 aliphatic heterocycles. The first-order valence-corrected chi connectivity index (χ1v) is 8.51. The molecule has 4 heterocycles. The Labute approximate surface area is 156 Å². The molecule has 0 saturated heterocycles. The van der Waals surface area contributed by atoms with E-state index < -0.39 is 0 Å². The van der Waals surface area contributed by atoms with E-state index in [2.05, 4.69) is 25.5 Å². The van der Waals surface area contributed by atoms with Crippen molar-refractivity contribution in [3.63, 3.8) is 0 Å². The average molecular weight is 364 g/mol. The van der Waals surface area contributed by atoms with Crippen LogP contribution < -0.4 is 5.32 Å². The summed E-state index contributed by atoms with van der Waals surface area (Å²) in [5.41, 5.74) is 2.58. The monoisotopic (exact) mass is 364 g/mol. The predicted molar refractivity (Wildman–Crippen MR) is 101 cm³/mol. The lowest BCUT2D eigenvalue weighted by atomic mass is 10.2. The van der Waals surface area contributed by atoms with Crippen LogP contribution in [0.3, 0.4) is 0 Å². The maximum Gasteiger partial charge on any atom is 0.165 e. The Balaban J connectivity index is 1.81. The molecule has 9 nitrogen and oxygen atoms in total. The molecule has 4 aromatic heterocycles. The molecule has 0 aliphatic carbocycles. The molecule has 0 radical (unpaired) electrons. The van der Waals surface area contributed by atoms with Gasteiger partial charge in [0.25, 0.3) is 0 Å². The van der Waals surface area contributed by atoms with Gasteiger partial charge in [0.2, 0.25) is 0 Å². The van der Waals surface area contributed by atoms with Crippen molar-refractivity contribution >= 4 is 16.9 Å². The Kier molecular flexibility index (Phi) is 4.51. The lowest BCUT2D eigenvalue weighted by molar-refractivity contribution is 0.184. The van der Waals surface area contributed by atoms with Gasteiger partial charge in [0.15, 0.2) is 11.5 Å². The zero-order chi connectivity index (χ0) is 18.8. The second-order valence-corrected chi connectivity index (χ2v) is 6.17. The molecule has 0 fully saturated rings. The van der Waals surface area contributed by atoms with Crippen LogP contribution in [-0.2, 0) is 18.8 Å². The first kappa shape index (κ1) is 17.1. The molecule has 0 aromatic carbocycles. The molecule has 4 rings (SSSR count). The molecular formula is C18H20N8O. The molecule has 138 valence electrons. The number of rotatable bonds is 6. The van der Waals surface area contributed by atoms with E-state index in [-0.39, 0.29) is 6.04 Å². The molecular weight excluding hydrogens is 344 g/mol. The Morgan fingerprint density at radius 1 is 1.07 bits per heavy atom. The standard InChI is InChI=1S/C18H20N8O/c1-25-15(6-8-20-25)14(11-27-3)22-17-13-10-21-26(2)18(13)24-16(23-17)12-5-4-7-19-9-12/h4-10,14H,11H2,1-3H3,(H,22,23,24). The number of nitrogens with zero attached hydrogens (tertiary/aromatic N) is 7. The van der Waals surface area contributed by atoms with Gasteiger partial charge in [-0.3, -0.25) is 14.3 Å². The van der Waals surface area contributed by atoms with Crippen molar-refractivity contribution < 1.29 is 4.74 Å². The number of methoxy groups -OCH3 is 1. The molecule has 1 N–H and O–H groups in total. The smallest absolute Gasteiger partial charge is 0.165 e. The Hall–Kier alpha value is -3.33. The van der Waals surface area contributed by atoms with Crippen molar-refractivity contribution in [3.05, 3.63) is 48.7 Å². The van der Waals surface area contributed by atoms with Crippen LogP contribution in [0.5, 0.6) is 0 Å². The fourth-order valence-electron chi connectivity index (χ4n) is 3.01. The van der Waals surface area contributed by atoms with E-state index in [1.807, 2.05) is 37.0 Å². The van der Waals surface area contributed by atoms with Gasteiger partial charge in [0.05, 0.1) is 29.9 Å². The SMILES string of the molecule is COCC(Nc1nc(-c2cccnc2)nc2c1cnn2C)c1ccnn1C. The number of nitrogens with one attached hydrogen (secondary N) is 1. The van der Waals surface area contributed by atoms with Crippen LogP contribution in [0.4, 0.5) is 5.82 Å². The molecule has 0 spiro atoms. The molecule has 1 atom stereocenters. The van der Waals surface area contributed by atoms with E-state index in [0.717, 1.165) is 22.3 Å². The second kappa shape index (κ2) is 7.12. The second-order valence-electron chi connectivity index (χ2n) is 6.17. The van der Waals surface area contributed by atoms with Gasteiger partial charge in [-0.15, -0.1) is 0 Å². The van der Waals surface area contributed by atoms with Gasteiger partial charge in [-0.25, -0.2) is 9.97 Å². The molecule has 1 unspecified atom stereocenters. The van der Waals surface area contributed by atoms with E-state index in [0.29, 0.717) is 18.2 Å². The number of aryl methyl sites for hydroxylation is 2. The van der Waals surface area contributed by atoms with Crippen molar-refractivity contribution in [2.75, 3.05) is 19.0 Å². The summed E-state index contributed by atoms with van der Waals surface area (Å²) in [6, 6.07) is 5.63. The van der Waals surface area contributed by atoms with Crippen molar-refractivity contribution in [1.29, 1.82) is 0 Å². The lowest BCUT2D eigenvalue weighted by Gasteiger charge is -2.19. The highest BCUT2D eigenvalue weighted by molar-refractivity contribution is 5.88. The average Bonchev–Trinajstić information content (AvgIpc) is 3.28. The summed E-state index contributed by atoms with van der Waals surface area (Å²) >= 11 is 0. The molecule has 0 amide bonds. The Morgan fingerprint density at radius 3 is 2.67 bits per heavy atom. The lowest BCUT2D eigenvalue weighted by Crippen LogP contribution is -2.20. The summed E-state index contributed by atoms with van der Waals surface area (Å²) in [5, 5.41) is 12.9. The van der Waals surface area contributed by atoms with Crippen LogP contribution in [0.2, 0.25) is 0 Å². The number of anilines is 1. The fraction of sp³-hybridized carbons (Fsp3) is 0.278. The molecule has 0 aliphatic rings. The summed E-state index contributed by atoms with van der Waals surface area (Å²) in [6.07, 6.45) is 7.00. The third-order valence-electron chi connectivity index (χ3n) is 4.37. The van der Waals surface area contributed by atoms with Gasteiger partial charge >= 0.3 is 0 Å². The molecule has 0 bridgehead atoms. The number of hydrogen-bond donors (Lipinski definition) is 1. The number of pyridine rings is 1. The maximum atomic E-state index is 5.41. The fourth-order valence-corrected chi connectivity index (χ4v) is 3.01. The minimum atomic E-state index is -0.123. The Morgan fingerprint density at radius 2 is 1.96 bits per heavy atom. The van der Waals surface area contributed by atoms with Crippen LogP contribution in [0, 0.1) is 0 Å². The highest BCUT2D eigenvalue weighted by atomic mass is 16.5. The zero-order valence-electron chi connectivity index (χ0n) is 15.4. The summed E-state index contributed by atoms with van der Waals surface area (Å²) < 4.78 is 8.96. The molecule has 27 heavy (non-hydrogen) atoms. The minimum Gasteiger partial charge on any atom is -0.382 e. The minimum absolute atomic E-state index is 0.123. The van der Waals surface area contributed by atoms with E-state index in [9.17, 15) is 0 Å². The summed E-state index contributed by atoms with van der Waals surface area (Å²) in [5.74, 6) is 1.28. The van der Waals surface area contributed by atoms with E-state index >= 15 is 0 Å². The van der Waals surface area contributed by atoms with Gasteiger partial charge in [-0.05, 0) is 18.2 Å². The number of fused-ring (bicyclic) bond motifs is 1. The summed E-state index contributed by atoms with van der Waals surface area (Å²) in [4.78, 5) is 13.6. The first-order chi connectivity index (χ1) is 13.2. The zero-order valence-corrected chi connectivity index (χ0v) is 15.4. The summed E-state index contributed by atoms with van der Waals surface area (Å²) in [6.45, 7) is 0.466. The van der Waals surface area contributed by atoms with Crippen molar-refractivity contribution in [3.8, 4) is 11.4 Å². The highest BCUT2D eigenvalue weighted by Crippen LogP contribution is 2.27. The predicted octanol–water partition coefficient (Wildman–Crippen LogP) is 1.96. The third kappa shape index (κ3) is 3.24. The summed E-state index contributed by atoms with van der Waals surface area (Å²) in [7, 11) is 5.44. The normalized spacial score (nSPS) is 12.4. The van der Waals surface area contributed by atoms with Gasteiger partial charge in [0, 0.05) is 45.4 Å². The molecule has 9 heteroatoms. The Bertz CT molecular complexity index is 1060. The number of ether oxygens (including phenoxy) is 1. The van der Waals surface area contributed by atoms with Crippen molar-refractivity contribution in [2.24, 2.45) is 14.1 Å². The number of aromatic nitrogens is 7. The maximum absolute atomic E-state index is 5.41.